The molecule has 3 nitrogen and oxygen atoms in total. The van der Waals surface area contributed by atoms with Crippen LogP contribution in [0.15, 0.2) is 0 Å². The second-order valence-corrected chi connectivity index (χ2v) is 5.16. The number of alkyl halides is 1. The molecule has 0 aromatic heterocycles. The van der Waals surface area contributed by atoms with Gasteiger partial charge >= 0.3 is 0 Å². The van der Waals surface area contributed by atoms with Crippen LogP contribution in [-0.4, -0.2) is 66.4 Å². The molecule has 1 unspecified atom stereocenters. The minimum atomic E-state index is 0.759. The maximum Gasteiger partial charge on any atom is 0.183 e. The monoisotopic (exact) mass is 297 g/mol. The Morgan fingerprint density at radius 3 is 2.77 bits per heavy atom. The lowest BCUT2D eigenvalue weighted by atomic mass is 10.2. The van der Waals surface area contributed by atoms with E-state index in [0.717, 1.165) is 19.4 Å². The van der Waals surface area contributed by atoms with Gasteiger partial charge in [-0.2, -0.15) is 0 Å². The Bertz CT molecular complexity index is 180. The molecule has 4 heteroatoms. The highest BCUT2D eigenvalue weighted by molar-refractivity contribution is 14.1. The van der Waals surface area contributed by atoms with Crippen molar-refractivity contribution in [1.29, 1.82) is 0 Å². The van der Waals surface area contributed by atoms with Crippen LogP contribution in [0.5, 0.6) is 0 Å². The SMILES string of the molecule is CN1CC[N+]2(CC1)COCC2CI. The average Bonchev–Trinajstić information content (AvgIpc) is 2.54. The first-order valence-electron chi connectivity index (χ1n) is 4.95. The Kier molecular flexibility index (Phi) is 3.12. The van der Waals surface area contributed by atoms with E-state index in [0.29, 0.717) is 0 Å². The second kappa shape index (κ2) is 4.00. The largest absolute Gasteiger partial charge is 0.325 e. The van der Waals surface area contributed by atoms with E-state index in [1.165, 1.54) is 35.1 Å². The fourth-order valence-electron chi connectivity index (χ4n) is 2.28. The number of hydrogen-bond donors (Lipinski definition) is 0. The Morgan fingerprint density at radius 1 is 1.46 bits per heavy atom. The highest BCUT2D eigenvalue weighted by Gasteiger charge is 2.43. The summed E-state index contributed by atoms with van der Waals surface area (Å²) >= 11 is 2.50. The van der Waals surface area contributed by atoms with Gasteiger partial charge in [-0.25, -0.2) is 0 Å². The molecule has 76 valence electrons. The molecule has 0 bridgehead atoms. The lowest BCUT2D eigenvalue weighted by molar-refractivity contribution is -0.947. The molecule has 2 heterocycles. The number of halogens is 1. The van der Waals surface area contributed by atoms with Gasteiger partial charge in [0.1, 0.15) is 12.6 Å². The van der Waals surface area contributed by atoms with Gasteiger partial charge in [0.05, 0.1) is 17.5 Å². The second-order valence-electron chi connectivity index (χ2n) is 4.28. The zero-order valence-electron chi connectivity index (χ0n) is 8.21. The van der Waals surface area contributed by atoms with E-state index in [1.807, 2.05) is 0 Å². The molecule has 2 fully saturated rings. The van der Waals surface area contributed by atoms with E-state index >= 15 is 0 Å². The number of likely N-dealkylation sites (N-methyl/N-ethyl adjacent to an activating group) is 1. The van der Waals surface area contributed by atoms with Crippen LogP contribution in [0.2, 0.25) is 0 Å². The molecule has 2 aliphatic rings. The normalized spacial score (nSPS) is 34.2. The first-order chi connectivity index (χ1) is 6.27. The van der Waals surface area contributed by atoms with E-state index in [2.05, 4.69) is 34.5 Å². The van der Waals surface area contributed by atoms with Gasteiger partial charge in [0.25, 0.3) is 0 Å². The molecule has 1 atom stereocenters. The predicted octanol–water partition coefficient (Wildman–Crippen LogP) is 0.540. The van der Waals surface area contributed by atoms with E-state index in [1.54, 1.807) is 0 Å². The molecule has 2 aliphatic heterocycles. The average molecular weight is 297 g/mol. The minimum absolute atomic E-state index is 0.759. The molecule has 13 heavy (non-hydrogen) atoms. The van der Waals surface area contributed by atoms with Crippen molar-refractivity contribution in [3.8, 4) is 0 Å². The fourth-order valence-corrected chi connectivity index (χ4v) is 3.37. The quantitative estimate of drug-likeness (QED) is 0.398. The summed E-state index contributed by atoms with van der Waals surface area (Å²) in [5.41, 5.74) is 0. The Hall–Kier alpha value is 0.610. The number of ether oxygens (including phenoxy) is 1. The summed E-state index contributed by atoms with van der Waals surface area (Å²) in [6, 6.07) is 0.759. The van der Waals surface area contributed by atoms with E-state index in [9.17, 15) is 0 Å². The molecule has 2 saturated heterocycles. The van der Waals surface area contributed by atoms with Crippen molar-refractivity contribution in [3.63, 3.8) is 0 Å². The third kappa shape index (κ3) is 1.86. The first kappa shape index (κ1) is 10.1. The maximum absolute atomic E-state index is 5.63. The van der Waals surface area contributed by atoms with Gasteiger partial charge < -0.3 is 4.74 Å². The van der Waals surface area contributed by atoms with Crippen LogP contribution < -0.4 is 0 Å². The van der Waals surface area contributed by atoms with Crippen LogP contribution in [0.3, 0.4) is 0 Å². The third-order valence-electron chi connectivity index (χ3n) is 3.47. The summed E-state index contributed by atoms with van der Waals surface area (Å²) in [6.45, 7) is 6.97. The van der Waals surface area contributed by atoms with Crippen LogP contribution in [0.4, 0.5) is 0 Å². The zero-order chi connectivity index (χ0) is 9.31. The van der Waals surface area contributed by atoms with Gasteiger partial charge in [0, 0.05) is 13.1 Å². The maximum atomic E-state index is 5.63. The summed E-state index contributed by atoms with van der Waals surface area (Å²) in [4.78, 5) is 2.42. The minimum Gasteiger partial charge on any atom is -0.325 e. The van der Waals surface area contributed by atoms with Gasteiger partial charge in [-0.1, -0.05) is 22.6 Å². The highest BCUT2D eigenvalue weighted by atomic mass is 127. The summed E-state index contributed by atoms with van der Waals surface area (Å²) < 4.78 is 8.09. The first-order valence-corrected chi connectivity index (χ1v) is 6.47. The highest BCUT2D eigenvalue weighted by Crippen LogP contribution is 2.25. The summed E-state index contributed by atoms with van der Waals surface area (Å²) in [5.74, 6) is 0. The summed E-state index contributed by atoms with van der Waals surface area (Å²) in [7, 11) is 2.21. The third-order valence-corrected chi connectivity index (χ3v) is 4.48. The van der Waals surface area contributed by atoms with Crippen LogP contribution in [0, 0.1) is 0 Å². The number of rotatable bonds is 1. The van der Waals surface area contributed by atoms with Crippen molar-refractivity contribution in [3.05, 3.63) is 0 Å². The van der Waals surface area contributed by atoms with Crippen LogP contribution >= 0.6 is 22.6 Å². The van der Waals surface area contributed by atoms with E-state index < -0.39 is 0 Å². The number of quaternary nitrogens is 1. The number of hydrogen-bond acceptors (Lipinski definition) is 2. The van der Waals surface area contributed by atoms with Gasteiger partial charge in [0.2, 0.25) is 0 Å². The van der Waals surface area contributed by atoms with Gasteiger partial charge in [-0.05, 0) is 7.05 Å². The van der Waals surface area contributed by atoms with E-state index in [4.69, 9.17) is 4.74 Å². The topological polar surface area (TPSA) is 12.5 Å². The molecule has 0 N–H and O–H groups in total. The number of nitrogens with zero attached hydrogens (tertiary/aromatic N) is 2. The summed E-state index contributed by atoms with van der Waals surface area (Å²) in [5, 5.41) is 0. The molecular weight excluding hydrogens is 279 g/mol. The van der Waals surface area contributed by atoms with Crippen molar-refractivity contribution in [2.24, 2.45) is 0 Å². The molecule has 2 rings (SSSR count). The summed E-state index contributed by atoms with van der Waals surface area (Å²) in [6.07, 6.45) is 0. The van der Waals surface area contributed by atoms with Crippen molar-refractivity contribution in [2.75, 3.05) is 51.0 Å². The molecule has 0 amide bonds. The fraction of sp³-hybridized carbons (Fsp3) is 1.00. The standard InChI is InChI=1S/C9H18IN2O/c1-11-2-4-12(5-3-11)8-13-7-9(12)6-10/h9H,2-8H2,1H3/q+1. The van der Waals surface area contributed by atoms with Gasteiger partial charge in [-0.3, -0.25) is 9.38 Å². The molecule has 0 radical (unpaired) electrons. The number of piperazine rings is 1. The Morgan fingerprint density at radius 2 is 2.15 bits per heavy atom. The van der Waals surface area contributed by atoms with Gasteiger partial charge in [-0.15, -0.1) is 0 Å². The van der Waals surface area contributed by atoms with Crippen LogP contribution in [0.1, 0.15) is 0 Å². The van der Waals surface area contributed by atoms with Crippen LogP contribution in [0.25, 0.3) is 0 Å². The predicted molar refractivity (Wildman–Crippen MR) is 61.0 cm³/mol. The Balaban J connectivity index is 2.02. The lowest BCUT2D eigenvalue weighted by Crippen LogP contribution is -2.62. The van der Waals surface area contributed by atoms with Crippen molar-refractivity contribution >= 4 is 22.6 Å². The molecule has 0 aromatic carbocycles. The Labute approximate surface area is 93.8 Å². The van der Waals surface area contributed by atoms with Crippen molar-refractivity contribution < 1.29 is 9.22 Å². The molecule has 1 spiro atoms. The molecule has 0 aliphatic carbocycles. The smallest absolute Gasteiger partial charge is 0.183 e. The van der Waals surface area contributed by atoms with Gasteiger partial charge in [0.15, 0.2) is 6.73 Å². The van der Waals surface area contributed by atoms with Crippen LogP contribution in [-0.2, 0) is 4.74 Å². The molecule has 0 aromatic rings. The zero-order valence-corrected chi connectivity index (χ0v) is 10.4. The van der Waals surface area contributed by atoms with Crippen molar-refractivity contribution in [1.82, 2.24) is 4.90 Å². The van der Waals surface area contributed by atoms with Crippen molar-refractivity contribution in [2.45, 2.75) is 6.04 Å². The van der Waals surface area contributed by atoms with E-state index in [-0.39, 0.29) is 0 Å². The molecular formula is C9H18IN2O+. The molecule has 0 saturated carbocycles. The lowest BCUT2D eigenvalue weighted by Gasteiger charge is -2.43.